The summed E-state index contributed by atoms with van der Waals surface area (Å²) >= 11 is 0. The van der Waals surface area contributed by atoms with Crippen LogP contribution < -0.4 is 0 Å². The molecular formula is C15H26O2. The molecular weight excluding hydrogens is 212 g/mol. The average Bonchev–Trinajstić information content (AvgIpc) is 2.29. The van der Waals surface area contributed by atoms with E-state index in [2.05, 4.69) is 12.2 Å². The third-order valence-corrected chi connectivity index (χ3v) is 3.87. The Balaban J connectivity index is 2.25. The summed E-state index contributed by atoms with van der Waals surface area (Å²) in [4.78, 5) is 11.0. The SMILES string of the molecule is CC(C)C(C/C=C/CC1CCCCC1)C(=O)O. The quantitative estimate of drug-likeness (QED) is 0.702. The van der Waals surface area contributed by atoms with Crippen LogP contribution in [0.5, 0.6) is 0 Å². The normalized spacial score (nSPS) is 19.9. The molecule has 98 valence electrons. The molecule has 1 aliphatic rings. The molecule has 1 fully saturated rings. The van der Waals surface area contributed by atoms with E-state index >= 15 is 0 Å². The van der Waals surface area contributed by atoms with Gasteiger partial charge < -0.3 is 5.11 Å². The number of hydrogen-bond acceptors (Lipinski definition) is 1. The van der Waals surface area contributed by atoms with E-state index in [9.17, 15) is 4.79 Å². The van der Waals surface area contributed by atoms with Crippen molar-refractivity contribution >= 4 is 5.97 Å². The summed E-state index contributed by atoms with van der Waals surface area (Å²) in [5.41, 5.74) is 0. The molecule has 2 heteroatoms. The molecule has 0 radical (unpaired) electrons. The smallest absolute Gasteiger partial charge is 0.307 e. The number of allylic oxidation sites excluding steroid dienone is 2. The molecule has 0 aromatic heterocycles. The van der Waals surface area contributed by atoms with Gasteiger partial charge in [0.25, 0.3) is 0 Å². The highest BCUT2D eigenvalue weighted by atomic mass is 16.4. The number of aliphatic carboxylic acids is 1. The van der Waals surface area contributed by atoms with E-state index in [1.165, 1.54) is 32.1 Å². The van der Waals surface area contributed by atoms with Crippen LogP contribution in [0.3, 0.4) is 0 Å². The van der Waals surface area contributed by atoms with Gasteiger partial charge in [-0.05, 0) is 24.7 Å². The van der Waals surface area contributed by atoms with Gasteiger partial charge in [0.05, 0.1) is 5.92 Å². The first-order valence-corrected chi connectivity index (χ1v) is 6.99. The number of rotatable bonds is 6. The Morgan fingerprint density at radius 1 is 1.24 bits per heavy atom. The lowest BCUT2D eigenvalue weighted by Gasteiger charge is -2.19. The summed E-state index contributed by atoms with van der Waals surface area (Å²) in [6, 6.07) is 0. The van der Waals surface area contributed by atoms with Crippen LogP contribution in [0.25, 0.3) is 0 Å². The molecule has 0 aromatic carbocycles. The van der Waals surface area contributed by atoms with Crippen LogP contribution in [0.2, 0.25) is 0 Å². The van der Waals surface area contributed by atoms with Crippen LogP contribution in [0.4, 0.5) is 0 Å². The highest BCUT2D eigenvalue weighted by Gasteiger charge is 2.19. The van der Waals surface area contributed by atoms with Crippen LogP contribution in [0.1, 0.15) is 58.8 Å². The van der Waals surface area contributed by atoms with Gasteiger partial charge in [-0.15, -0.1) is 0 Å². The van der Waals surface area contributed by atoms with Crippen molar-refractivity contribution in [2.45, 2.75) is 58.8 Å². The Hall–Kier alpha value is -0.790. The van der Waals surface area contributed by atoms with Gasteiger partial charge in [0.2, 0.25) is 0 Å². The molecule has 1 N–H and O–H groups in total. The summed E-state index contributed by atoms with van der Waals surface area (Å²) in [5.74, 6) is 0.175. The highest BCUT2D eigenvalue weighted by Crippen LogP contribution is 2.26. The number of carboxylic acid groups (broad SMARTS) is 1. The summed E-state index contributed by atoms with van der Waals surface area (Å²) < 4.78 is 0. The molecule has 0 bridgehead atoms. The molecule has 17 heavy (non-hydrogen) atoms. The summed E-state index contributed by atoms with van der Waals surface area (Å²) in [5, 5.41) is 9.06. The molecule has 0 aliphatic heterocycles. The second kappa shape index (κ2) is 7.52. The maximum atomic E-state index is 11.0. The second-order valence-electron chi connectivity index (χ2n) is 5.64. The predicted molar refractivity (Wildman–Crippen MR) is 70.9 cm³/mol. The van der Waals surface area contributed by atoms with Gasteiger partial charge in [0.1, 0.15) is 0 Å². The van der Waals surface area contributed by atoms with Gasteiger partial charge in [-0.25, -0.2) is 0 Å². The monoisotopic (exact) mass is 238 g/mol. The minimum Gasteiger partial charge on any atom is -0.481 e. The Kier molecular flexibility index (Phi) is 6.31. The minimum absolute atomic E-state index is 0.215. The van der Waals surface area contributed by atoms with Crippen molar-refractivity contribution in [3.8, 4) is 0 Å². The standard InChI is InChI=1S/C15H26O2/c1-12(2)14(15(16)17)11-7-6-10-13-8-4-3-5-9-13/h6-7,12-14H,3-5,8-11H2,1-2H3,(H,16,17)/b7-6+. The zero-order chi connectivity index (χ0) is 12.7. The van der Waals surface area contributed by atoms with Gasteiger partial charge in [0.15, 0.2) is 0 Å². The summed E-state index contributed by atoms with van der Waals surface area (Å²) in [6.07, 6.45) is 13.0. The van der Waals surface area contributed by atoms with E-state index in [0.717, 1.165) is 12.3 Å². The van der Waals surface area contributed by atoms with Crippen molar-refractivity contribution in [3.63, 3.8) is 0 Å². The Bertz CT molecular complexity index is 250. The van der Waals surface area contributed by atoms with Gasteiger partial charge in [0, 0.05) is 0 Å². The third-order valence-electron chi connectivity index (χ3n) is 3.87. The molecule has 0 spiro atoms. The highest BCUT2D eigenvalue weighted by molar-refractivity contribution is 5.70. The lowest BCUT2D eigenvalue weighted by molar-refractivity contribution is -0.143. The van der Waals surface area contributed by atoms with Crippen LogP contribution in [-0.2, 0) is 4.79 Å². The largest absolute Gasteiger partial charge is 0.481 e. The molecule has 2 nitrogen and oxygen atoms in total. The molecule has 1 saturated carbocycles. The molecule has 0 amide bonds. The Morgan fingerprint density at radius 2 is 1.88 bits per heavy atom. The van der Waals surface area contributed by atoms with Crippen molar-refractivity contribution in [3.05, 3.63) is 12.2 Å². The van der Waals surface area contributed by atoms with Crippen LogP contribution in [0.15, 0.2) is 12.2 Å². The first kappa shape index (κ1) is 14.3. The van der Waals surface area contributed by atoms with E-state index < -0.39 is 5.97 Å². The van der Waals surface area contributed by atoms with Crippen molar-refractivity contribution in [2.24, 2.45) is 17.8 Å². The fraction of sp³-hybridized carbons (Fsp3) is 0.800. The lowest BCUT2D eigenvalue weighted by Crippen LogP contribution is -2.18. The predicted octanol–water partition coefficient (Wildman–Crippen LogP) is 4.26. The number of hydrogen-bond donors (Lipinski definition) is 1. The first-order chi connectivity index (χ1) is 8.11. The topological polar surface area (TPSA) is 37.3 Å². The fourth-order valence-corrected chi connectivity index (χ4v) is 2.61. The zero-order valence-corrected chi connectivity index (χ0v) is 11.2. The maximum Gasteiger partial charge on any atom is 0.307 e. The zero-order valence-electron chi connectivity index (χ0n) is 11.2. The van der Waals surface area contributed by atoms with E-state index in [-0.39, 0.29) is 11.8 Å². The van der Waals surface area contributed by atoms with Crippen LogP contribution in [-0.4, -0.2) is 11.1 Å². The molecule has 0 aromatic rings. The van der Waals surface area contributed by atoms with Crippen molar-refractivity contribution in [1.82, 2.24) is 0 Å². The van der Waals surface area contributed by atoms with Gasteiger partial charge in [-0.3, -0.25) is 4.79 Å². The number of carbonyl (C=O) groups is 1. The Morgan fingerprint density at radius 3 is 2.41 bits per heavy atom. The molecule has 1 unspecified atom stereocenters. The third kappa shape index (κ3) is 5.38. The molecule has 1 rings (SSSR count). The van der Waals surface area contributed by atoms with E-state index in [0.29, 0.717) is 6.42 Å². The molecule has 0 saturated heterocycles. The van der Waals surface area contributed by atoms with Gasteiger partial charge in [-0.2, -0.15) is 0 Å². The van der Waals surface area contributed by atoms with Crippen molar-refractivity contribution in [2.75, 3.05) is 0 Å². The summed E-state index contributed by atoms with van der Waals surface area (Å²) in [7, 11) is 0. The Labute approximate surface area is 105 Å². The van der Waals surface area contributed by atoms with Crippen molar-refractivity contribution in [1.29, 1.82) is 0 Å². The van der Waals surface area contributed by atoms with Gasteiger partial charge >= 0.3 is 5.97 Å². The molecule has 0 heterocycles. The fourth-order valence-electron chi connectivity index (χ4n) is 2.61. The minimum atomic E-state index is -0.665. The van der Waals surface area contributed by atoms with E-state index in [1.807, 2.05) is 13.8 Å². The van der Waals surface area contributed by atoms with Crippen molar-refractivity contribution < 1.29 is 9.90 Å². The van der Waals surface area contributed by atoms with Crippen LogP contribution >= 0.6 is 0 Å². The van der Waals surface area contributed by atoms with E-state index in [4.69, 9.17) is 5.11 Å². The van der Waals surface area contributed by atoms with Gasteiger partial charge in [-0.1, -0.05) is 58.1 Å². The summed E-state index contributed by atoms with van der Waals surface area (Å²) in [6.45, 7) is 3.96. The lowest BCUT2D eigenvalue weighted by atomic mass is 9.86. The average molecular weight is 238 g/mol. The van der Waals surface area contributed by atoms with E-state index in [1.54, 1.807) is 0 Å². The van der Waals surface area contributed by atoms with Crippen LogP contribution in [0, 0.1) is 17.8 Å². The second-order valence-corrected chi connectivity index (χ2v) is 5.64. The first-order valence-electron chi connectivity index (χ1n) is 6.99. The molecule has 1 aliphatic carbocycles. The number of carboxylic acids is 1. The maximum absolute atomic E-state index is 11.0. The molecule has 1 atom stereocenters.